The maximum atomic E-state index is 5.57. The van der Waals surface area contributed by atoms with Crippen molar-refractivity contribution in [2.45, 2.75) is 20.4 Å². The Kier molecular flexibility index (Phi) is 4.66. The second kappa shape index (κ2) is 6.68. The second-order valence-corrected chi connectivity index (χ2v) is 3.85. The van der Waals surface area contributed by atoms with E-state index in [0.29, 0.717) is 19.8 Å². The minimum absolute atomic E-state index is 0.583. The van der Waals surface area contributed by atoms with Gasteiger partial charge in [-0.1, -0.05) is 0 Å². The van der Waals surface area contributed by atoms with Crippen LogP contribution in [0.25, 0.3) is 0 Å². The number of aromatic nitrogens is 1. The molecule has 0 aliphatic heterocycles. The van der Waals surface area contributed by atoms with Crippen LogP contribution in [-0.2, 0) is 6.54 Å². The molecule has 5 heteroatoms. The van der Waals surface area contributed by atoms with Crippen molar-refractivity contribution >= 4 is 5.69 Å². The molecular formula is C14H18N2O3. The monoisotopic (exact) mass is 262 g/mol. The largest absolute Gasteiger partial charge is 0.490 e. The van der Waals surface area contributed by atoms with Gasteiger partial charge in [-0.2, -0.15) is 0 Å². The molecule has 5 nitrogen and oxygen atoms in total. The van der Waals surface area contributed by atoms with Gasteiger partial charge in [-0.3, -0.25) is 0 Å². The van der Waals surface area contributed by atoms with Crippen molar-refractivity contribution in [3.63, 3.8) is 0 Å². The molecule has 1 aromatic carbocycles. The second-order valence-electron chi connectivity index (χ2n) is 3.85. The lowest BCUT2D eigenvalue weighted by Gasteiger charge is -2.13. The Hall–Kier alpha value is -2.17. The third-order valence-corrected chi connectivity index (χ3v) is 2.49. The lowest BCUT2D eigenvalue weighted by molar-refractivity contribution is 0.288. The fraction of sp³-hybridized carbons (Fsp3) is 0.357. The van der Waals surface area contributed by atoms with Gasteiger partial charge in [0.1, 0.15) is 5.76 Å². The smallest absolute Gasteiger partial charge is 0.180 e. The molecule has 0 radical (unpaired) electrons. The average Bonchev–Trinajstić information content (AvgIpc) is 2.93. The highest BCUT2D eigenvalue weighted by Crippen LogP contribution is 2.30. The zero-order valence-electron chi connectivity index (χ0n) is 11.2. The van der Waals surface area contributed by atoms with Crippen LogP contribution in [0.5, 0.6) is 11.5 Å². The molecule has 0 saturated heterocycles. The van der Waals surface area contributed by atoms with Crippen LogP contribution in [0.1, 0.15) is 19.6 Å². The van der Waals surface area contributed by atoms with Gasteiger partial charge in [-0.25, -0.2) is 4.98 Å². The van der Waals surface area contributed by atoms with Crippen molar-refractivity contribution in [3.8, 4) is 11.5 Å². The Morgan fingerprint density at radius 2 is 1.95 bits per heavy atom. The average molecular weight is 262 g/mol. The molecule has 0 atom stereocenters. The first-order valence-corrected chi connectivity index (χ1v) is 6.34. The van der Waals surface area contributed by atoms with Crippen LogP contribution < -0.4 is 14.8 Å². The summed E-state index contributed by atoms with van der Waals surface area (Å²) < 4.78 is 16.2. The third kappa shape index (κ3) is 3.64. The van der Waals surface area contributed by atoms with Crippen molar-refractivity contribution in [1.82, 2.24) is 4.98 Å². The van der Waals surface area contributed by atoms with Gasteiger partial charge in [-0.15, -0.1) is 0 Å². The van der Waals surface area contributed by atoms with E-state index < -0.39 is 0 Å². The van der Waals surface area contributed by atoms with E-state index in [0.717, 1.165) is 22.9 Å². The SMILES string of the molecule is CCOc1ccc(NCc2cnco2)cc1OCC. The van der Waals surface area contributed by atoms with Crippen LogP contribution in [0.15, 0.2) is 35.2 Å². The summed E-state index contributed by atoms with van der Waals surface area (Å²) in [6.07, 6.45) is 3.10. The highest BCUT2D eigenvalue weighted by molar-refractivity contribution is 5.54. The van der Waals surface area contributed by atoms with E-state index in [1.54, 1.807) is 6.20 Å². The van der Waals surface area contributed by atoms with E-state index in [4.69, 9.17) is 13.9 Å². The summed E-state index contributed by atoms with van der Waals surface area (Å²) in [4.78, 5) is 3.87. The molecular weight excluding hydrogens is 244 g/mol. The highest BCUT2D eigenvalue weighted by Gasteiger charge is 2.06. The molecule has 1 aromatic heterocycles. The number of ether oxygens (including phenoxy) is 2. The van der Waals surface area contributed by atoms with Crippen LogP contribution in [0.2, 0.25) is 0 Å². The molecule has 102 valence electrons. The quantitative estimate of drug-likeness (QED) is 0.831. The first-order chi connectivity index (χ1) is 9.33. The first-order valence-electron chi connectivity index (χ1n) is 6.34. The maximum absolute atomic E-state index is 5.57. The number of nitrogens with zero attached hydrogens (tertiary/aromatic N) is 1. The summed E-state index contributed by atoms with van der Waals surface area (Å²) in [7, 11) is 0. The van der Waals surface area contributed by atoms with Gasteiger partial charge in [0.25, 0.3) is 0 Å². The van der Waals surface area contributed by atoms with Gasteiger partial charge in [0.2, 0.25) is 0 Å². The topological polar surface area (TPSA) is 56.5 Å². The normalized spacial score (nSPS) is 10.2. The zero-order chi connectivity index (χ0) is 13.5. The van der Waals surface area contributed by atoms with Gasteiger partial charge in [0.05, 0.1) is 26.0 Å². The van der Waals surface area contributed by atoms with Crippen LogP contribution >= 0.6 is 0 Å². The summed E-state index contributed by atoms with van der Waals surface area (Å²) in [6.45, 7) is 5.70. The molecule has 2 aromatic rings. The molecule has 0 spiro atoms. The summed E-state index contributed by atoms with van der Waals surface area (Å²) in [5.41, 5.74) is 0.948. The number of rotatable bonds is 7. The lowest BCUT2D eigenvalue weighted by Crippen LogP contribution is -2.01. The van der Waals surface area contributed by atoms with Crippen molar-refractivity contribution in [2.24, 2.45) is 0 Å². The van der Waals surface area contributed by atoms with Crippen molar-refractivity contribution in [2.75, 3.05) is 18.5 Å². The Balaban J connectivity index is 2.06. The van der Waals surface area contributed by atoms with E-state index in [9.17, 15) is 0 Å². The van der Waals surface area contributed by atoms with Gasteiger partial charge < -0.3 is 19.2 Å². The highest BCUT2D eigenvalue weighted by atomic mass is 16.5. The molecule has 0 unspecified atom stereocenters. The Bertz CT molecular complexity index is 497. The molecule has 19 heavy (non-hydrogen) atoms. The van der Waals surface area contributed by atoms with Crippen LogP contribution in [-0.4, -0.2) is 18.2 Å². The molecule has 0 aliphatic carbocycles. The third-order valence-electron chi connectivity index (χ3n) is 2.49. The van der Waals surface area contributed by atoms with Crippen molar-refractivity contribution in [1.29, 1.82) is 0 Å². The predicted molar refractivity (Wildman–Crippen MR) is 72.6 cm³/mol. The molecule has 1 heterocycles. The summed E-state index contributed by atoms with van der Waals surface area (Å²) in [5, 5.41) is 3.25. The Morgan fingerprint density at radius 1 is 1.16 bits per heavy atom. The first kappa shape index (κ1) is 13.3. The minimum Gasteiger partial charge on any atom is -0.490 e. The van der Waals surface area contributed by atoms with Gasteiger partial charge in [0, 0.05) is 11.8 Å². The number of oxazole rings is 1. The van der Waals surface area contributed by atoms with E-state index in [-0.39, 0.29) is 0 Å². The van der Waals surface area contributed by atoms with Gasteiger partial charge in [0.15, 0.2) is 17.9 Å². The number of hydrogen-bond donors (Lipinski definition) is 1. The Morgan fingerprint density at radius 3 is 2.63 bits per heavy atom. The molecule has 0 saturated carbocycles. The number of benzene rings is 1. The van der Waals surface area contributed by atoms with E-state index >= 15 is 0 Å². The summed E-state index contributed by atoms with van der Waals surface area (Å²) >= 11 is 0. The molecule has 2 rings (SSSR count). The fourth-order valence-electron chi connectivity index (χ4n) is 1.68. The molecule has 0 aliphatic rings. The van der Waals surface area contributed by atoms with Crippen LogP contribution in [0.3, 0.4) is 0 Å². The van der Waals surface area contributed by atoms with Gasteiger partial charge in [-0.05, 0) is 26.0 Å². The minimum atomic E-state index is 0.583. The summed E-state index contributed by atoms with van der Waals surface area (Å²) in [6, 6.07) is 5.77. The van der Waals surface area contributed by atoms with Gasteiger partial charge >= 0.3 is 0 Å². The lowest BCUT2D eigenvalue weighted by atomic mass is 10.2. The van der Waals surface area contributed by atoms with Crippen LogP contribution in [0.4, 0.5) is 5.69 Å². The molecule has 1 N–H and O–H groups in total. The molecule has 0 amide bonds. The number of nitrogens with one attached hydrogen (secondary N) is 1. The van der Waals surface area contributed by atoms with Crippen molar-refractivity contribution < 1.29 is 13.9 Å². The summed E-state index contributed by atoms with van der Waals surface area (Å²) in [5.74, 6) is 2.29. The number of hydrogen-bond acceptors (Lipinski definition) is 5. The predicted octanol–water partition coefficient (Wildman–Crippen LogP) is 3.08. The van der Waals surface area contributed by atoms with E-state index in [1.807, 2.05) is 32.0 Å². The maximum Gasteiger partial charge on any atom is 0.180 e. The molecule has 0 fully saturated rings. The van der Waals surface area contributed by atoms with E-state index in [1.165, 1.54) is 6.39 Å². The van der Waals surface area contributed by atoms with Crippen molar-refractivity contribution in [3.05, 3.63) is 36.5 Å². The van der Waals surface area contributed by atoms with E-state index in [2.05, 4.69) is 10.3 Å². The fourth-order valence-corrected chi connectivity index (χ4v) is 1.68. The Labute approximate surface area is 112 Å². The number of anilines is 1. The molecule has 0 bridgehead atoms. The standard InChI is InChI=1S/C14H18N2O3/c1-3-17-13-6-5-11(7-14(13)18-4-2)16-9-12-8-15-10-19-12/h5-8,10,16H,3-4,9H2,1-2H3. The van der Waals surface area contributed by atoms with Crippen LogP contribution in [0, 0.1) is 0 Å². The zero-order valence-corrected chi connectivity index (χ0v) is 11.2.